The first-order chi connectivity index (χ1) is 10.1. The fraction of sp³-hybridized carbons (Fsp3) is 0.500. The van der Waals surface area contributed by atoms with Crippen LogP contribution in [0.3, 0.4) is 0 Å². The molecule has 1 aromatic rings. The molecular weight excluding hydrogens is 342 g/mol. The number of carbonyl (C=O) groups is 1. The number of nitrogens with one attached hydrogen (secondary N) is 1. The number of alkyl halides is 4. The highest BCUT2D eigenvalue weighted by Crippen LogP contribution is 2.37. The van der Waals surface area contributed by atoms with Gasteiger partial charge in [0.15, 0.2) is 0 Å². The fourth-order valence-electron chi connectivity index (χ4n) is 2.15. The summed E-state index contributed by atoms with van der Waals surface area (Å²) in [7, 11) is 0. The molecular formula is C14H16ClF4NO3. The van der Waals surface area contributed by atoms with Gasteiger partial charge in [0.05, 0.1) is 6.04 Å². The van der Waals surface area contributed by atoms with Crippen LogP contribution in [-0.4, -0.2) is 25.2 Å². The summed E-state index contributed by atoms with van der Waals surface area (Å²) in [5, 5.41) is 2.64. The summed E-state index contributed by atoms with van der Waals surface area (Å²) >= 11 is 0. The van der Waals surface area contributed by atoms with Crippen molar-refractivity contribution in [2.75, 3.05) is 6.61 Å². The van der Waals surface area contributed by atoms with Crippen LogP contribution in [0, 0.1) is 5.41 Å². The summed E-state index contributed by atoms with van der Waals surface area (Å²) in [4.78, 5) is 11.3. The van der Waals surface area contributed by atoms with Gasteiger partial charge in [-0.1, -0.05) is 26.0 Å². The van der Waals surface area contributed by atoms with E-state index in [4.69, 9.17) is 4.74 Å². The van der Waals surface area contributed by atoms with Crippen LogP contribution in [0.5, 0.6) is 5.75 Å². The molecule has 0 saturated carbocycles. The Morgan fingerprint density at radius 2 is 1.87 bits per heavy atom. The van der Waals surface area contributed by atoms with Crippen LogP contribution in [-0.2, 0) is 4.74 Å². The zero-order chi connectivity index (χ0) is 16.5. The number of halogens is 5. The predicted octanol–water partition coefficient (Wildman–Crippen LogP) is 4.15. The number of hydrogen-bond donors (Lipinski definition) is 1. The van der Waals surface area contributed by atoms with Gasteiger partial charge in [0.1, 0.15) is 12.4 Å². The van der Waals surface area contributed by atoms with E-state index in [1.807, 2.05) is 13.8 Å². The largest absolute Gasteiger partial charge is 0.461 e. The van der Waals surface area contributed by atoms with Gasteiger partial charge >= 0.3 is 18.6 Å². The second-order valence-corrected chi connectivity index (χ2v) is 5.68. The third-order valence-electron chi connectivity index (χ3n) is 3.34. The molecule has 130 valence electrons. The van der Waals surface area contributed by atoms with Crippen molar-refractivity contribution in [1.82, 2.24) is 5.32 Å². The lowest BCUT2D eigenvalue weighted by Crippen LogP contribution is -2.46. The lowest BCUT2D eigenvalue weighted by Gasteiger charge is -2.38. The summed E-state index contributed by atoms with van der Waals surface area (Å²) in [5.74, 6) is -0.384. The van der Waals surface area contributed by atoms with E-state index in [0.717, 1.165) is 12.1 Å². The maximum Gasteiger partial charge on any atom is 0.461 e. The fourth-order valence-corrected chi connectivity index (χ4v) is 2.15. The van der Waals surface area contributed by atoms with E-state index >= 15 is 0 Å². The van der Waals surface area contributed by atoms with Gasteiger partial charge in [-0.25, -0.2) is 4.79 Å². The Morgan fingerprint density at radius 1 is 1.30 bits per heavy atom. The Kier molecular flexibility index (Phi) is 5.74. The quantitative estimate of drug-likeness (QED) is 0.823. The Bertz CT molecular complexity index is 551. The third kappa shape index (κ3) is 4.40. The van der Waals surface area contributed by atoms with E-state index < -0.39 is 30.1 Å². The van der Waals surface area contributed by atoms with E-state index in [2.05, 4.69) is 10.1 Å². The van der Waals surface area contributed by atoms with Crippen LogP contribution in [0.25, 0.3) is 0 Å². The van der Waals surface area contributed by atoms with Crippen molar-refractivity contribution in [2.45, 2.75) is 32.4 Å². The smallest absolute Gasteiger partial charge is 0.449 e. The van der Waals surface area contributed by atoms with Crippen LogP contribution < -0.4 is 10.1 Å². The van der Waals surface area contributed by atoms with Crippen LogP contribution in [0.15, 0.2) is 24.3 Å². The Morgan fingerprint density at radius 3 is 2.39 bits per heavy atom. The number of carbonyl (C=O) groups excluding carboxylic acids is 1. The van der Waals surface area contributed by atoms with Gasteiger partial charge in [-0.3, -0.25) is 0 Å². The molecule has 0 unspecified atom stereocenters. The molecule has 4 nitrogen and oxygen atoms in total. The molecule has 1 heterocycles. The Balaban J connectivity index is 0.00000264. The van der Waals surface area contributed by atoms with Gasteiger partial charge in [-0.2, -0.15) is 17.6 Å². The normalized spacial score (nSPS) is 20.3. The average Bonchev–Trinajstić information content (AvgIpc) is 2.42. The van der Waals surface area contributed by atoms with Gasteiger partial charge in [-0.05, 0) is 17.7 Å². The van der Waals surface area contributed by atoms with Crippen molar-refractivity contribution >= 4 is 18.5 Å². The Hall–Kier alpha value is -1.70. The molecule has 1 atom stereocenters. The standard InChI is InChI=1S/C14H15F4NO3.ClH/c1-13(2)7-21-12(20)19-10(13)8-3-5-9(6-4-8)22-14(17,18)11(15)16;/h3-6,10-11H,7H2,1-2H3,(H,19,20);1H/t10-;/m1./s1. The van der Waals surface area contributed by atoms with Crippen molar-refractivity contribution in [3.8, 4) is 5.75 Å². The summed E-state index contributed by atoms with van der Waals surface area (Å²) in [6.45, 7) is 3.93. The summed E-state index contributed by atoms with van der Waals surface area (Å²) in [6.07, 6.45) is -9.04. The number of rotatable bonds is 4. The molecule has 1 aromatic carbocycles. The van der Waals surface area contributed by atoms with Gasteiger partial charge in [-0.15, -0.1) is 12.4 Å². The Labute approximate surface area is 136 Å². The molecule has 0 radical (unpaired) electrons. The maximum atomic E-state index is 12.8. The topological polar surface area (TPSA) is 47.6 Å². The molecule has 1 amide bonds. The highest BCUT2D eigenvalue weighted by Gasteiger charge is 2.44. The molecule has 1 saturated heterocycles. The number of benzene rings is 1. The van der Waals surface area contributed by atoms with Crippen LogP contribution in [0.4, 0.5) is 22.4 Å². The van der Waals surface area contributed by atoms with E-state index in [-0.39, 0.29) is 24.8 Å². The average molecular weight is 358 g/mol. The van der Waals surface area contributed by atoms with Crippen molar-refractivity contribution in [3.63, 3.8) is 0 Å². The molecule has 1 aliphatic heterocycles. The van der Waals surface area contributed by atoms with Crippen LogP contribution in [0.2, 0.25) is 0 Å². The van der Waals surface area contributed by atoms with E-state index in [9.17, 15) is 22.4 Å². The number of hydrogen-bond acceptors (Lipinski definition) is 3. The number of alkyl carbamates (subject to hydrolysis) is 1. The van der Waals surface area contributed by atoms with Gasteiger partial charge < -0.3 is 14.8 Å². The number of ether oxygens (including phenoxy) is 2. The summed E-state index contributed by atoms with van der Waals surface area (Å²) in [6, 6.07) is 4.80. The molecule has 1 fully saturated rings. The third-order valence-corrected chi connectivity index (χ3v) is 3.34. The lowest BCUT2D eigenvalue weighted by atomic mass is 9.80. The SMILES string of the molecule is CC1(C)COC(=O)N[C@@H]1c1ccc(OC(F)(F)C(F)F)cc1.Cl. The molecule has 1 aliphatic rings. The van der Waals surface area contributed by atoms with E-state index in [1.165, 1.54) is 12.1 Å². The molecule has 2 rings (SSSR count). The molecule has 0 aromatic heterocycles. The second kappa shape index (κ2) is 6.82. The van der Waals surface area contributed by atoms with Gasteiger partial charge in [0, 0.05) is 5.41 Å². The molecule has 1 N–H and O–H groups in total. The predicted molar refractivity (Wildman–Crippen MR) is 76.3 cm³/mol. The van der Waals surface area contributed by atoms with Gasteiger partial charge in [0.25, 0.3) is 0 Å². The first kappa shape index (κ1) is 19.3. The monoisotopic (exact) mass is 357 g/mol. The number of amides is 1. The van der Waals surface area contributed by atoms with Crippen LogP contribution >= 0.6 is 12.4 Å². The minimum absolute atomic E-state index is 0. The molecule has 23 heavy (non-hydrogen) atoms. The van der Waals surface area contributed by atoms with E-state index in [1.54, 1.807) is 0 Å². The minimum atomic E-state index is -4.55. The second-order valence-electron chi connectivity index (χ2n) is 5.68. The van der Waals surface area contributed by atoms with Crippen molar-refractivity contribution < 1.29 is 31.8 Å². The molecule has 0 aliphatic carbocycles. The highest BCUT2D eigenvalue weighted by atomic mass is 35.5. The molecule has 9 heteroatoms. The molecule has 0 spiro atoms. The van der Waals surface area contributed by atoms with Crippen molar-refractivity contribution in [2.24, 2.45) is 5.41 Å². The van der Waals surface area contributed by atoms with Gasteiger partial charge in [0.2, 0.25) is 0 Å². The summed E-state index contributed by atoms with van der Waals surface area (Å²) < 4.78 is 58.7. The first-order valence-electron chi connectivity index (χ1n) is 6.50. The lowest BCUT2D eigenvalue weighted by molar-refractivity contribution is -0.253. The zero-order valence-corrected chi connectivity index (χ0v) is 13.1. The highest BCUT2D eigenvalue weighted by molar-refractivity contribution is 5.85. The van der Waals surface area contributed by atoms with E-state index in [0.29, 0.717) is 5.56 Å². The van der Waals surface area contributed by atoms with Crippen molar-refractivity contribution in [1.29, 1.82) is 0 Å². The van der Waals surface area contributed by atoms with Crippen molar-refractivity contribution in [3.05, 3.63) is 29.8 Å². The first-order valence-corrected chi connectivity index (χ1v) is 6.50. The summed E-state index contributed by atoms with van der Waals surface area (Å²) in [5.41, 5.74) is 0.220. The maximum absolute atomic E-state index is 12.8. The molecule has 0 bridgehead atoms. The zero-order valence-electron chi connectivity index (χ0n) is 12.3. The minimum Gasteiger partial charge on any atom is -0.449 e. The number of cyclic esters (lactones) is 1. The van der Waals surface area contributed by atoms with Crippen LogP contribution in [0.1, 0.15) is 25.5 Å².